The van der Waals surface area contributed by atoms with Crippen molar-refractivity contribution in [2.45, 2.75) is 19.6 Å². The first-order valence-corrected chi connectivity index (χ1v) is 11.3. The summed E-state index contributed by atoms with van der Waals surface area (Å²) in [7, 11) is 1.69. The minimum absolute atomic E-state index is 0.844. The summed E-state index contributed by atoms with van der Waals surface area (Å²) >= 11 is 5.31. The van der Waals surface area contributed by atoms with Gasteiger partial charge in [0.05, 0.1) is 12.8 Å². The first kappa shape index (κ1) is 18.4. The number of benzene rings is 1. The number of hydrogen-bond donors (Lipinski definition) is 0. The van der Waals surface area contributed by atoms with Gasteiger partial charge in [0.1, 0.15) is 10.8 Å². The fourth-order valence-electron chi connectivity index (χ4n) is 2.91. The van der Waals surface area contributed by atoms with E-state index >= 15 is 0 Å². The summed E-state index contributed by atoms with van der Waals surface area (Å²) in [5, 5.41) is 7.49. The maximum absolute atomic E-state index is 5.34. The van der Waals surface area contributed by atoms with Gasteiger partial charge in [-0.1, -0.05) is 24.3 Å². The predicted octanol–water partition coefficient (Wildman–Crippen LogP) is 6.14. The van der Waals surface area contributed by atoms with Crippen molar-refractivity contribution < 1.29 is 4.74 Å². The average molecular weight is 413 g/mol. The summed E-state index contributed by atoms with van der Waals surface area (Å²) in [5.74, 6) is 0.862. The quantitative estimate of drug-likeness (QED) is 0.347. The van der Waals surface area contributed by atoms with Crippen molar-refractivity contribution in [2.75, 3.05) is 7.11 Å². The van der Waals surface area contributed by atoms with E-state index in [2.05, 4.69) is 51.4 Å². The van der Waals surface area contributed by atoms with Crippen LogP contribution in [0.15, 0.2) is 64.7 Å². The smallest absolute Gasteiger partial charge is 0.123 e. The fourth-order valence-corrected chi connectivity index (χ4v) is 5.21. The van der Waals surface area contributed by atoms with Crippen LogP contribution in [0.5, 0.6) is 5.75 Å². The highest BCUT2D eigenvalue weighted by atomic mass is 32.1. The summed E-state index contributed by atoms with van der Waals surface area (Å²) in [4.78, 5) is 10.1. The Morgan fingerprint density at radius 1 is 0.889 bits per heavy atom. The molecule has 0 bridgehead atoms. The van der Waals surface area contributed by atoms with Crippen LogP contribution >= 0.6 is 34.0 Å². The third-order valence-electron chi connectivity index (χ3n) is 4.17. The maximum Gasteiger partial charge on any atom is 0.123 e. The lowest BCUT2D eigenvalue weighted by Gasteiger charge is -2.20. The molecule has 0 aliphatic rings. The third kappa shape index (κ3) is 4.84. The standard InChI is InChI=1S/C21H20N2OS3/c1-24-18-6-2-5-16(11-18)21-22-17(15-27-21)12-23(13-19-7-3-9-25-19)14-20-8-4-10-26-20/h2-11,15H,12-14H2,1H3. The van der Waals surface area contributed by atoms with Crippen molar-refractivity contribution >= 4 is 34.0 Å². The van der Waals surface area contributed by atoms with E-state index in [1.807, 2.05) is 40.9 Å². The number of aromatic nitrogens is 1. The Kier molecular flexibility index (Phi) is 5.99. The van der Waals surface area contributed by atoms with Crippen LogP contribution in [0.1, 0.15) is 15.4 Å². The van der Waals surface area contributed by atoms with Gasteiger partial charge in [0.2, 0.25) is 0 Å². The van der Waals surface area contributed by atoms with Gasteiger partial charge in [0.15, 0.2) is 0 Å². The summed E-state index contributed by atoms with van der Waals surface area (Å²) in [6.45, 7) is 2.74. The van der Waals surface area contributed by atoms with E-state index in [0.717, 1.165) is 41.6 Å². The number of thiazole rings is 1. The van der Waals surface area contributed by atoms with Gasteiger partial charge in [-0.3, -0.25) is 4.90 Å². The van der Waals surface area contributed by atoms with Crippen molar-refractivity contribution in [3.05, 3.63) is 80.1 Å². The highest BCUT2D eigenvalue weighted by Crippen LogP contribution is 2.28. The van der Waals surface area contributed by atoms with Crippen LogP contribution in [0.4, 0.5) is 0 Å². The molecule has 3 nitrogen and oxygen atoms in total. The lowest BCUT2D eigenvalue weighted by Crippen LogP contribution is -2.21. The van der Waals surface area contributed by atoms with Gasteiger partial charge in [-0.2, -0.15) is 0 Å². The number of hydrogen-bond acceptors (Lipinski definition) is 6. The number of ether oxygens (including phenoxy) is 1. The lowest BCUT2D eigenvalue weighted by molar-refractivity contribution is 0.250. The number of methoxy groups -OCH3 is 1. The summed E-state index contributed by atoms with van der Waals surface area (Å²) in [6.07, 6.45) is 0. The Hall–Kier alpha value is -1.99. The van der Waals surface area contributed by atoms with Gasteiger partial charge in [0, 0.05) is 40.3 Å². The molecule has 0 aliphatic carbocycles. The molecule has 0 radical (unpaired) electrons. The molecule has 0 saturated heterocycles. The molecular weight excluding hydrogens is 392 g/mol. The molecule has 138 valence electrons. The van der Waals surface area contributed by atoms with Crippen LogP contribution < -0.4 is 4.74 Å². The Bertz CT molecular complexity index is 925. The molecule has 0 fully saturated rings. The minimum Gasteiger partial charge on any atom is -0.497 e. The maximum atomic E-state index is 5.34. The molecule has 0 amide bonds. The molecule has 0 unspecified atom stereocenters. The topological polar surface area (TPSA) is 25.4 Å². The molecule has 0 atom stereocenters. The molecule has 0 aliphatic heterocycles. The Balaban J connectivity index is 1.51. The van der Waals surface area contributed by atoms with Gasteiger partial charge in [0.25, 0.3) is 0 Å². The van der Waals surface area contributed by atoms with Gasteiger partial charge < -0.3 is 4.74 Å². The van der Waals surface area contributed by atoms with Crippen LogP contribution in [0, 0.1) is 0 Å². The Morgan fingerprint density at radius 2 is 1.63 bits per heavy atom. The van der Waals surface area contributed by atoms with Crippen LogP contribution in [0.25, 0.3) is 10.6 Å². The lowest BCUT2D eigenvalue weighted by atomic mass is 10.2. The first-order chi connectivity index (χ1) is 13.3. The normalized spacial score (nSPS) is 11.2. The van der Waals surface area contributed by atoms with Gasteiger partial charge in [-0.05, 0) is 35.0 Å². The highest BCUT2D eigenvalue weighted by molar-refractivity contribution is 7.13. The fraction of sp³-hybridized carbons (Fsp3) is 0.190. The molecule has 6 heteroatoms. The van der Waals surface area contributed by atoms with E-state index < -0.39 is 0 Å². The van der Waals surface area contributed by atoms with E-state index in [-0.39, 0.29) is 0 Å². The molecule has 3 aromatic heterocycles. The Morgan fingerprint density at radius 3 is 2.26 bits per heavy atom. The minimum atomic E-state index is 0.844. The van der Waals surface area contributed by atoms with Crippen molar-refractivity contribution in [3.63, 3.8) is 0 Å². The van der Waals surface area contributed by atoms with Crippen LogP contribution in [0.3, 0.4) is 0 Å². The second-order valence-electron chi connectivity index (χ2n) is 6.18. The predicted molar refractivity (Wildman–Crippen MR) is 116 cm³/mol. The van der Waals surface area contributed by atoms with Gasteiger partial charge in [-0.25, -0.2) is 4.98 Å². The Labute approximate surface area is 171 Å². The zero-order valence-corrected chi connectivity index (χ0v) is 17.4. The highest BCUT2D eigenvalue weighted by Gasteiger charge is 2.13. The van der Waals surface area contributed by atoms with E-state index in [9.17, 15) is 0 Å². The molecular formula is C21H20N2OS3. The molecule has 1 aromatic carbocycles. The molecule has 0 saturated carbocycles. The average Bonchev–Trinajstić information content (AvgIpc) is 3.45. The monoisotopic (exact) mass is 412 g/mol. The third-order valence-corrected chi connectivity index (χ3v) is 6.84. The van der Waals surface area contributed by atoms with Crippen LogP contribution in [-0.4, -0.2) is 17.0 Å². The molecule has 4 aromatic rings. The second kappa shape index (κ2) is 8.80. The van der Waals surface area contributed by atoms with Crippen molar-refractivity contribution in [3.8, 4) is 16.3 Å². The van der Waals surface area contributed by atoms with E-state index in [0.29, 0.717) is 0 Å². The van der Waals surface area contributed by atoms with Crippen molar-refractivity contribution in [2.24, 2.45) is 0 Å². The zero-order chi connectivity index (χ0) is 18.5. The van der Waals surface area contributed by atoms with Crippen LogP contribution in [-0.2, 0) is 19.6 Å². The largest absolute Gasteiger partial charge is 0.497 e. The zero-order valence-electron chi connectivity index (χ0n) is 15.0. The van der Waals surface area contributed by atoms with Crippen molar-refractivity contribution in [1.82, 2.24) is 9.88 Å². The van der Waals surface area contributed by atoms with E-state index in [1.54, 1.807) is 18.4 Å². The van der Waals surface area contributed by atoms with Gasteiger partial charge >= 0.3 is 0 Å². The van der Waals surface area contributed by atoms with E-state index in [1.165, 1.54) is 9.75 Å². The van der Waals surface area contributed by atoms with E-state index in [4.69, 9.17) is 9.72 Å². The van der Waals surface area contributed by atoms with Gasteiger partial charge in [-0.15, -0.1) is 34.0 Å². The second-order valence-corrected chi connectivity index (χ2v) is 9.10. The first-order valence-electron chi connectivity index (χ1n) is 8.66. The number of thiophene rings is 2. The summed E-state index contributed by atoms with van der Waals surface area (Å²) in [6, 6.07) is 16.7. The summed E-state index contributed by atoms with van der Waals surface area (Å²) in [5.41, 5.74) is 2.22. The molecule has 0 N–H and O–H groups in total. The molecule has 27 heavy (non-hydrogen) atoms. The van der Waals surface area contributed by atoms with Crippen LogP contribution in [0.2, 0.25) is 0 Å². The number of nitrogens with zero attached hydrogens (tertiary/aromatic N) is 2. The SMILES string of the molecule is COc1cccc(-c2nc(CN(Cc3cccs3)Cc3cccs3)cs2)c1. The number of rotatable bonds is 8. The molecule has 4 rings (SSSR count). The van der Waals surface area contributed by atoms with Crippen molar-refractivity contribution in [1.29, 1.82) is 0 Å². The molecule has 3 heterocycles. The summed E-state index contributed by atoms with van der Waals surface area (Å²) < 4.78 is 5.34. The molecule has 0 spiro atoms.